The highest BCUT2D eigenvalue weighted by molar-refractivity contribution is 6.01. The van der Waals surface area contributed by atoms with Crippen LogP contribution in [0.25, 0.3) is 0 Å². The van der Waals surface area contributed by atoms with Gasteiger partial charge >= 0.3 is 0 Å². The minimum atomic E-state index is -0.475. The van der Waals surface area contributed by atoms with Crippen LogP contribution < -0.4 is 5.32 Å². The molecule has 1 aliphatic rings. The zero-order valence-electron chi connectivity index (χ0n) is 12.2. The Balaban J connectivity index is 2.35. The van der Waals surface area contributed by atoms with E-state index < -0.39 is 4.92 Å². The van der Waals surface area contributed by atoms with Crippen molar-refractivity contribution in [1.29, 1.82) is 0 Å². The van der Waals surface area contributed by atoms with Crippen LogP contribution in [0.5, 0.6) is 0 Å². The summed E-state index contributed by atoms with van der Waals surface area (Å²) in [6, 6.07) is 4.56. The molecule has 1 saturated heterocycles. The number of nitro benzene ring substituents is 1. The number of benzene rings is 1. The van der Waals surface area contributed by atoms with Gasteiger partial charge in [-0.1, -0.05) is 6.07 Å². The van der Waals surface area contributed by atoms with Gasteiger partial charge in [0.15, 0.2) is 0 Å². The van der Waals surface area contributed by atoms with Crippen molar-refractivity contribution < 1.29 is 14.5 Å². The molecule has 114 valence electrons. The number of amides is 1. The molecule has 1 aromatic carbocycles. The average molecular weight is 293 g/mol. The summed E-state index contributed by atoms with van der Waals surface area (Å²) >= 11 is 0. The molecular formula is C14H19N3O4. The second kappa shape index (κ2) is 6.53. The van der Waals surface area contributed by atoms with Crippen LogP contribution >= 0.6 is 0 Å². The van der Waals surface area contributed by atoms with Crippen LogP contribution in [0.15, 0.2) is 18.2 Å². The maximum atomic E-state index is 12.6. The molecule has 1 aliphatic heterocycles. The number of morpholine rings is 1. The minimum absolute atomic E-state index is 0.0241. The number of para-hydroxylation sites is 1. The molecule has 0 bridgehead atoms. The van der Waals surface area contributed by atoms with Crippen molar-refractivity contribution in [2.45, 2.75) is 20.0 Å². The summed E-state index contributed by atoms with van der Waals surface area (Å²) in [6.45, 7) is 5.72. The summed E-state index contributed by atoms with van der Waals surface area (Å²) in [5.41, 5.74) is 0.540. The first-order valence-electron chi connectivity index (χ1n) is 6.96. The van der Waals surface area contributed by atoms with Crippen molar-refractivity contribution >= 4 is 17.3 Å². The van der Waals surface area contributed by atoms with Gasteiger partial charge < -0.3 is 15.0 Å². The van der Waals surface area contributed by atoms with Gasteiger partial charge in [0.1, 0.15) is 5.69 Å². The first-order valence-corrected chi connectivity index (χ1v) is 6.96. The van der Waals surface area contributed by atoms with Crippen LogP contribution in [0.4, 0.5) is 11.4 Å². The molecule has 1 N–H and O–H groups in total. The first kappa shape index (κ1) is 15.2. The maximum absolute atomic E-state index is 12.6. The highest BCUT2D eigenvalue weighted by Crippen LogP contribution is 2.29. The van der Waals surface area contributed by atoms with E-state index in [2.05, 4.69) is 5.32 Å². The minimum Gasteiger partial charge on any atom is -0.379 e. The van der Waals surface area contributed by atoms with Gasteiger partial charge in [-0.15, -0.1) is 0 Å². The number of carbonyl (C=O) groups excluding carboxylic acids is 1. The molecule has 0 saturated carbocycles. The molecule has 1 aromatic rings. The summed E-state index contributed by atoms with van der Waals surface area (Å²) in [5.74, 6) is -0.204. The lowest BCUT2D eigenvalue weighted by molar-refractivity contribution is -0.384. The second-order valence-corrected chi connectivity index (χ2v) is 4.92. The van der Waals surface area contributed by atoms with Crippen LogP contribution in [0, 0.1) is 10.1 Å². The Bertz CT molecular complexity index is 547. The molecule has 1 fully saturated rings. The van der Waals surface area contributed by atoms with E-state index in [-0.39, 0.29) is 23.4 Å². The lowest BCUT2D eigenvalue weighted by atomic mass is 10.1. The molecule has 1 unspecified atom stereocenters. The number of hydrogen-bond donors (Lipinski definition) is 1. The smallest absolute Gasteiger partial charge is 0.293 e. The lowest BCUT2D eigenvalue weighted by Gasteiger charge is -2.31. The van der Waals surface area contributed by atoms with Crippen LogP contribution in [-0.4, -0.2) is 48.1 Å². The van der Waals surface area contributed by atoms with Gasteiger partial charge in [-0.25, -0.2) is 0 Å². The van der Waals surface area contributed by atoms with Crippen LogP contribution in [0.2, 0.25) is 0 Å². The monoisotopic (exact) mass is 293 g/mol. The summed E-state index contributed by atoms with van der Waals surface area (Å²) in [6.07, 6.45) is -0.0241. The highest BCUT2D eigenvalue weighted by Gasteiger charge is 2.27. The van der Waals surface area contributed by atoms with E-state index in [9.17, 15) is 14.9 Å². The Morgan fingerprint density at radius 1 is 1.57 bits per heavy atom. The van der Waals surface area contributed by atoms with Crippen LogP contribution in [0.3, 0.4) is 0 Å². The second-order valence-electron chi connectivity index (χ2n) is 4.92. The van der Waals surface area contributed by atoms with Gasteiger partial charge in [-0.3, -0.25) is 14.9 Å². The fourth-order valence-electron chi connectivity index (χ4n) is 2.41. The van der Waals surface area contributed by atoms with Crippen molar-refractivity contribution in [2.24, 2.45) is 0 Å². The Hall–Kier alpha value is -2.15. The Morgan fingerprint density at radius 3 is 2.95 bits per heavy atom. The molecule has 1 amide bonds. The molecule has 0 aliphatic carbocycles. The normalized spacial score (nSPS) is 18.4. The maximum Gasteiger partial charge on any atom is 0.293 e. The Labute approximate surface area is 123 Å². The predicted octanol–water partition coefficient (Wildman–Crippen LogP) is 1.89. The third kappa shape index (κ3) is 3.30. The fourth-order valence-corrected chi connectivity index (χ4v) is 2.41. The number of ether oxygens (including phenoxy) is 1. The third-order valence-corrected chi connectivity index (χ3v) is 3.35. The zero-order chi connectivity index (χ0) is 15.4. The van der Waals surface area contributed by atoms with Crippen molar-refractivity contribution in [3.05, 3.63) is 33.9 Å². The molecule has 7 heteroatoms. The molecule has 0 aromatic heterocycles. The predicted molar refractivity (Wildman–Crippen MR) is 78.6 cm³/mol. The van der Waals surface area contributed by atoms with Gasteiger partial charge in [-0.05, 0) is 19.9 Å². The van der Waals surface area contributed by atoms with Gasteiger partial charge in [0.2, 0.25) is 0 Å². The Kier molecular flexibility index (Phi) is 4.74. The van der Waals surface area contributed by atoms with E-state index in [1.807, 2.05) is 13.8 Å². The SMILES string of the molecule is CCNc1c(C(=O)N2CCOC(C)C2)cccc1[N+](=O)[O-]. The number of nitrogens with one attached hydrogen (secondary N) is 1. The summed E-state index contributed by atoms with van der Waals surface area (Å²) < 4.78 is 5.42. The lowest BCUT2D eigenvalue weighted by Crippen LogP contribution is -2.44. The van der Waals surface area contributed by atoms with E-state index in [0.717, 1.165) is 0 Å². The summed E-state index contributed by atoms with van der Waals surface area (Å²) in [5, 5.41) is 14.1. The van der Waals surface area contributed by atoms with Gasteiger partial charge in [-0.2, -0.15) is 0 Å². The van der Waals surface area contributed by atoms with Crippen molar-refractivity contribution in [3.63, 3.8) is 0 Å². The Morgan fingerprint density at radius 2 is 2.33 bits per heavy atom. The van der Waals surface area contributed by atoms with Crippen LogP contribution in [-0.2, 0) is 4.74 Å². The largest absolute Gasteiger partial charge is 0.379 e. The van der Waals surface area contributed by atoms with Gasteiger partial charge in [0.25, 0.3) is 11.6 Å². The summed E-state index contributed by atoms with van der Waals surface area (Å²) in [4.78, 5) is 24.9. The molecule has 2 rings (SSSR count). The van der Waals surface area contributed by atoms with E-state index in [1.165, 1.54) is 12.1 Å². The molecule has 1 atom stereocenters. The topological polar surface area (TPSA) is 84.7 Å². The van der Waals surface area contributed by atoms with E-state index in [4.69, 9.17) is 4.74 Å². The van der Waals surface area contributed by atoms with Gasteiger partial charge in [0.05, 0.1) is 23.2 Å². The van der Waals surface area contributed by atoms with E-state index in [1.54, 1.807) is 11.0 Å². The zero-order valence-corrected chi connectivity index (χ0v) is 12.2. The number of hydrogen-bond acceptors (Lipinski definition) is 5. The fraction of sp³-hybridized carbons (Fsp3) is 0.500. The number of anilines is 1. The number of rotatable bonds is 4. The van der Waals surface area contributed by atoms with Crippen molar-refractivity contribution in [2.75, 3.05) is 31.6 Å². The van der Waals surface area contributed by atoms with Crippen LogP contribution in [0.1, 0.15) is 24.2 Å². The van der Waals surface area contributed by atoms with E-state index >= 15 is 0 Å². The highest BCUT2D eigenvalue weighted by atomic mass is 16.6. The molecule has 0 radical (unpaired) electrons. The van der Waals surface area contributed by atoms with E-state index in [0.29, 0.717) is 31.8 Å². The molecule has 0 spiro atoms. The standard InChI is InChI=1S/C14H19N3O4/c1-3-15-13-11(5-4-6-12(13)17(19)20)14(18)16-7-8-21-10(2)9-16/h4-6,10,15H,3,7-9H2,1-2H3. The van der Waals surface area contributed by atoms with Gasteiger partial charge in [0, 0.05) is 25.7 Å². The van der Waals surface area contributed by atoms with Crippen molar-refractivity contribution in [3.8, 4) is 0 Å². The number of carbonyl (C=O) groups is 1. The average Bonchev–Trinajstić information content (AvgIpc) is 2.47. The molecular weight excluding hydrogens is 274 g/mol. The first-order chi connectivity index (χ1) is 10.0. The molecule has 7 nitrogen and oxygen atoms in total. The summed E-state index contributed by atoms with van der Waals surface area (Å²) in [7, 11) is 0. The molecule has 21 heavy (non-hydrogen) atoms. The quantitative estimate of drug-likeness (QED) is 0.677. The third-order valence-electron chi connectivity index (χ3n) is 3.35. The number of nitro groups is 1. The molecule has 1 heterocycles. The van der Waals surface area contributed by atoms with Crippen molar-refractivity contribution in [1.82, 2.24) is 4.90 Å². The number of nitrogens with zero attached hydrogens (tertiary/aromatic N) is 2.